The minimum Gasteiger partial charge on any atom is -0.196 e. The van der Waals surface area contributed by atoms with Gasteiger partial charge in [0.25, 0.3) is 5.92 Å². The summed E-state index contributed by atoms with van der Waals surface area (Å²) in [7, 11) is 0. The molecule has 0 fully saturated rings. The largest absolute Gasteiger partial charge is 0.299 e. The second-order valence-corrected chi connectivity index (χ2v) is 5.88. The van der Waals surface area contributed by atoms with E-state index in [0.29, 0.717) is 23.5 Å². The van der Waals surface area contributed by atoms with Gasteiger partial charge in [-0.05, 0) is 43.8 Å². The van der Waals surface area contributed by atoms with Crippen molar-refractivity contribution in [2.75, 3.05) is 0 Å². The van der Waals surface area contributed by atoms with Crippen LogP contribution in [0.3, 0.4) is 0 Å². The third kappa shape index (κ3) is 3.37. The highest BCUT2D eigenvalue weighted by Crippen LogP contribution is 2.50. The molecule has 0 heterocycles. The second kappa shape index (κ2) is 7.53. The molecule has 0 spiro atoms. The maximum absolute atomic E-state index is 14.8. The number of rotatable bonds is 6. The van der Waals surface area contributed by atoms with Crippen molar-refractivity contribution in [3.8, 4) is 0 Å². The number of alkyl halides is 2. The summed E-state index contributed by atoms with van der Waals surface area (Å²) in [6.07, 6.45) is 9.39. The van der Waals surface area contributed by atoms with E-state index in [0.717, 1.165) is 12.0 Å². The second-order valence-electron chi connectivity index (χ2n) is 5.88. The number of hydrogen-bond acceptors (Lipinski definition) is 0. The van der Waals surface area contributed by atoms with Crippen LogP contribution in [0.1, 0.15) is 40.5 Å². The van der Waals surface area contributed by atoms with E-state index in [4.69, 9.17) is 0 Å². The van der Waals surface area contributed by atoms with Crippen LogP contribution in [-0.4, -0.2) is 5.92 Å². The molecule has 2 heteroatoms. The summed E-state index contributed by atoms with van der Waals surface area (Å²) in [4.78, 5) is 0. The Hall–Kier alpha value is -1.70. The molecule has 0 saturated heterocycles. The summed E-state index contributed by atoms with van der Waals surface area (Å²) in [5.74, 6) is -2.57. The first-order chi connectivity index (χ1) is 10.3. The summed E-state index contributed by atoms with van der Waals surface area (Å²) in [6.45, 7) is 15.2. The van der Waals surface area contributed by atoms with Crippen LogP contribution in [0, 0.1) is 5.92 Å². The normalized spacial score (nSPS) is 22.0. The van der Waals surface area contributed by atoms with Crippen LogP contribution in [0.25, 0.3) is 0 Å². The first-order valence-corrected chi connectivity index (χ1v) is 7.73. The molecular formula is C20H26F2. The smallest absolute Gasteiger partial charge is 0.196 e. The maximum atomic E-state index is 14.8. The van der Waals surface area contributed by atoms with Gasteiger partial charge < -0.3 is 0 Å². The van der Waals surface area contributed by atoms with Crippen molar-refractivity contribution in [2.45, 2.75) is 46.5 Å². The van der Waals surface area contributed by atoms with Crippen LogP contribution >= 0.6 is 0 Å². The molecule has 0 nitrogen and oxygen atoms in total. The Bertz CT molecular complexity index is 567. The molecule has 0 aliphatic heterocycles. The van der Waals surface area contributed by atoms with E-state index in [1.165, 1.54) is 12.2 Å². The van der Waals surface area contributed by atoms with Crippen molar-refractivity contribution in [1.29, 1.82) is 0 Å². The van der Waals surface area contributed by atoms with Gasteiger partial charge in [-0.25, -0.2) is 0 Å². The van der Waals surface area contributed by atoms with Crippen LogP contribution in [-0.2, 0) is 0 Å². The first-order valence-electron chi connectivity index (χ1n) is 7.73. The average molecular weight is 304 g/mol. The molecule has 0 atom stereocenters. The third-order valence-corrected chi connectivity index (χ3v) is 3.73. The Morgan fingerprint density at radius 3 is 2.27 bits per heavy atom. The molecule has 1 aliphatic carbocycles. The fourth-order valence-electron chi connectivity index (χ4n) is 2.99. The lowest BCUT2D eigenvalue weighted by Gasteiger charge is -2.18. The van der Waals surface area contributed by atoms with Gasteiger partial charge in [-0.2, -0.15) is 8.78 Å². The highest BCUT2D eigenvalue weighted by atomic mass is 19.3. The topological polar surface area (TPSA) is 0 Å². The van der Waals surface area contributed by atoms with E-state index < -0.39 is 5.92 Å². The zero-order valence-corrected chi connectivity index (χ0v) is 14.0. The molecule has 0 aromatic heterocycles. The number of hydrogen-bond donors (Lipinski definition) is 0. The van der Waals surface area contributed by atoms with Crippen molar-refractivity contribution in [3.05, 3.63) is 71.4 Å². The fourth-order valence-corrected chi connectivity index (χ4v) is 2.99. The SMILES string of the molecule is C=CC/C(CC(C)C)=C1C(C=C)=C(/C=C\C)C(F)(F)C/1=C/C. The maximum Gasteiger partial charge on any atom is 0.299 e. The Morgan fingerprint density at radius 1 is 1.23 bits per heavy atom. The fraction of sp³-hybridized carbons (Fsp3) is 0.400. The summed E-state index contributed by atoms with van der Waals surface area (Å²) >= 11 is 0. The average Bonchev–Trinajstić information content (AvgIpc) is 2.65. The Kier molecular flexibility index (Phi) is 6.28. The molecule has 0 aromatic carbocycles. The molecule has 0 aromatic rings. The van der Waals surface area contributed by atoms with Gasteiger partial charge in [0.15, 0.2) is 0 Å². The van der Waals surface area contributed by atoms with Crippen LogP contribution in [0.15, 0.2) is 71.4 Å². The van der Waals surface area contributed by atoms with Crippen molar-refractivity contribution in [1.82, 2.24) is 0 Å². The predicted octanol–water partition coefficient (Wildman–Crippen LogP) is 6.56. The minimum absolute atomic E-state index is 0.0402. The summed E-state index contributed by atoms with van der Waals surface area (Å²) < 4.78 is 29.6. The van der Waals surface area contributed by atoms with Gasteiger partial charge in [0.2, 0.25) is 0 Å². The number of allylic oxidation sites excluding steroid dienone is 10. The zero-order valence-electron chi connectivity index (χ0n) is 14.0. The van der Waals surface area contributed by atoms with Crippen LogP contribution < -0.4 is 0 Å². The van der Waals surface area contributed by atoms with Gasteiger partial charge in [0.05, 0.1) is 0 Å². The van der Waals surface area contributed by atoms with Crippen molar-refractivity contribution in [3.63, 3.8) is 0 Å². The van der Waals surface area contributed by atoms with Crippen LogP contribution in [0.4, 0.5) is 8.78 Å². The molecule has 1 rings (SSSR count). The lowest BCUT2D eigenvalue weighted by Crippen LogP contribution is -2.17. The predicted molar refractivity (Wildman–Crippen MR) is 92.0 cm³/mol. The molecule has 0 radical (unpaired) electrons. The van der Waals surface area contributed by atoms with Gasteiger partial charge in [-0.1, -0.05) is 56.4 Å². The van der Waals surface area contributed by atoms with Crippen molar-refractivity contribution >= 4 is 0 Å². The van der Waals surface area contributed by atoms with E-state index in [2.05, 4.69) is 27.0 Å². The summed E-state index contributed by atoms with van der Waals surface area (Å²) in [5, 5.41) is 0. The Balaban J connectivity index is 3.72. The molecule has 0 bridgehead atoms. The number of halogens is 2. The van der Waals surface area contributed by atoms with Gasteiger partial charge in [0, 0.05) is 11.1 Å². The first kappa shape index (κ1) is 18.3. The van der Waals surface area contributed by atoms with Crippen LogP contribution in [0.2, 0.25) is 0 Å². The van der Waals surface area contributed by atoms with Gasteiger partial charge >= 0.3 is 0 Å². The van der Waals surface area contributed by atoms with Gasteiger partial charge in [-0.15, -0.1) is 6.58 Å². The molecule has 1 aliphatic rings. The third-order valence-electron chi connectivity index (χ3n) is 3.73. The molecule has 0 amide bonds. The van der Waals surface area contributed by atoms with E-state index in [1.54, 1.807) is 32.1 Å². The highest BCUT2D eigenvalue weighted by molar-refractivity contribution is 5.70. The van der Waals surface area contributed by atoms with E-state index in [9.17, 15) is 8.78 Å². The molecule has 0 unspecified atom stereocenters. The van der Waals surface area contributed by atoms with Crippen molar-refractivity contribution in [2.24, 2.45) is 5.92 Å². The van der Waals surface area contributed by atoms with Crippen LogP contribution in [0.5, 0.6) is 0 Å². The summed E-state index contributed by atoms with van der Waals surface area (Å²) in [6, 6.07) is 0. The quantitative estimate of drug-likeness (QED) is 0.487. The lowest BCUT2D eigenvalue weighted by molar-refractivity contribution is 0.0946. The Morgan fingerprint density at radius 2 is 1.86 bits per heavy atom. The van der Waals surface area contributed by atoms with Gasteiger partial charge in [0.1, 0.15) is 0 Å². The standard InChI is InChI=1S/C20H26F2/c1-7-11-15(13-14(5)6)19-16(9-3)18(12-8-2)20(21,22)17(19)10-4/h7-10,12,14H,1,3,11,13H2,2,4-6H3/b12-8-,17-10+,19-15+. The zero-order chi connectivity index (χ0) is 16.9. The van der Waals surface area contributed by atoms with E-state index in [1.807, 2.05) is 0 Å². The Labute approximate surface area is 133 Å². The molecular weight excluding hydrogens is 278 g/mol. The molecule has 22 heavy (non-hydrogen) atoms. The van der Waals surface area contributed by atoms with E-state index >= 15 is 0 Å². The monoisotopic (exact) mass is 304 g/mol. The lowest BCUT2D eigenvalue weighted by atomic mass is 9.89. The molecule has 0 N–H and O–H groups in total. The molecule has 120 valence electrons. The molecule has 0 saturated carbocycles. The van der Waals surface area contributed by atoms with E-state index in [-0.39, 0.29) is 11.1 Å². The van der Waals surface area contributed by atoms with Crippen molar-refractivity contribution < 1.29 is 8.78 Å². The summed E-state index contributed by atoms with van der Waals surface area (Å²) in [5.41, 5.74) is 2.34. The highest BCUT2D eigenvalue weighted by Gasteiger charge is 2.47. The minimum atomic E-state index is -2.97. The van der Waals surface area contributed by atoms with Gasteiger partial charge in [-0.3, -0.25) is 0 Å².